The molecule has 0 spiro atoms. The van der Waals surface area contributed by atoms with Crippen molar-refractivity contribution in [3.8, 4) is 0 Å². The van der Waals surface area contributed by atoms with Gasteiger partial charge < -0.3 is 10.6 Å². The van der Waals surface area contributed by atoms with Crippen LogP contribution in [0.2, 0.25) is 0 Å². The van der Waals surface area contributed by atoms with E-state index >= 15 is 0 Å². The van der Waals surface area contributed by atoms with Crippen LogP contribution in [0.4, 0.5) is 11.4 Å². The Morgan fingerprint density at radius 2 is 1.25 bits per heavy atom. The Bertz CT molecular complexity index is 1590. The molecule has 0 fully saturated rings. The Labute approximate surface area is 209 Å². The highest BCUT2D eigenvalue weighted by atomic mass is 16.2. The van der Waals surface area contributed by atoms with Crippen LogP contribution >= 0.6 is 0 Å². The first-order chi connectivity index (χ1) is 17.5. The van der Waals surface area contributed by atoms with Gasteiger partial charge in [0.25, 0.3) is 5.91 Å². The predicted octanol–water partition coefficient (Wildman–Crippen LogP) is 4.47. The van der Waals surface area contributed by atoms with E-state index in [1.165, 1.54) is 0 Å². The molecule has 0 aliphatic heterocycles. The summed E-state index contributed by atoms with van der Waals surface area (Å²) in [6, 6.07) is 27.2. The first kappa shape index (κ1) is 23.2. The normalized spacial score (nSPS) is 10.9. The van der Waals surface area contributed by atoms with Crippen molar-refractivity contribution in [1.29, 1.82) is 0 Å². The maximum atomic E-state index is 12.7. The predicted molar refractivity (Wildman–Crippen MR) is 142 cm³/mol. The Morgan fingerprint density at radius 1 is 0.694 bits per heavy atom. The number of aryl methyl sites for hydroxylation is 3. The third-order valence-electron chi connectivity index (χ3n) is 6.38. The van der Waals surface area contributed by atoms with Gasteiger partial charge in [-0.15, -0.1) is 0 Å². The molecule has 2 N–H and O–H groups in total. The largest absolute Gasteiger partial charge is 0.326 e. The lowest BCUT2D eigenvalue weighted by Crippen LogP contribution is -2.27. The molecule has 2 amide bonds. The first-order valence-electron chi connectivity index (χ1n) is 11.9. The van der Waals surface area contributed by atoms with Crippen molar-refractivity contribution in [2.24, 2.45) is 14.1 Å². The van der Waals surface area contributed by atoms with Gasteiger partial charge in [0, 0.05) is 58.4 Å². The first-order valence-corrected chi connectivity index (χ1v) is 11.9. The quantitative estimate of drug-likeness (QED) is 0.355. The van der Waals surface area contributed by atoms with Gasteiger partial charge in [0.15, 0.2) is 12.4 Å². The zero-order valence-electron chi connectivity index (χ0n) is 20.4. The van der Waals surface area contributed by atoms with E-state index in [0.717, 1.165) is 38.7 Å². The Hall–Kier alpha value is -4.58. The van der Waals surface area contributed by atoms with E-state index in [-0.39, 0.29) is 11.8 Å². The molecule has 6 nitrogen and oxygen atoms in total. The average Bonchev–Trinajstić information content (AvgIpc) is 2.88. The van der Waals surface area contributed by atoms with Crippen LogP contribution in [0.1, 0.15) is 22.3 Å². The second-order valence-electron chi connectivity index (χ2n) is 8.98. The topological polar surface area (TPSA) is 66.0 Å². The zero-order valence-corrected chi connectivity index (χ0v) is 20.4. The molecule has 5 rings (SSSR count). The summed E-state index contributed by atoms with van der Waals surface area (Å²) in [5, 5.41) is 8.08. The lowest BCUT2D eigenvalue weighted by Gasteiger charge is -2.08. The van der Waals surface area contributed by atoms with Crippen LogP contribution < -0.4 is 19.8 Å². The van der Waals surface area contributed by atoms with Crippen molar-refractivity contribution in [2.45, 2.75) is 12.8 Å². The monoisotopic (exact) mass is 476 g/mol. The maximum Gasteiger partial charge on any atom is 0.255 e. The molecule has 0 saturated carbocycles. The second kappa shape index (κ2) is 9.96. The number of hydrogen-bond acceptors (Lipinski definition) is 2. The van der Waals surface area contributed by atoms with Gasteiger partial charge in [-0.3, -0.25) is 9.59 Å². The number of benzene rings is 3. The third-order valence-corrected chi connectivity index (χ3v) is 6.38. The van der Waals surface area contributed by atoms with Crippen LogP contribution in [0.5, 0.6) is 0 Å². The van der Waals surface area contributed by atoms with E-state index in [9.17, 15) is 9.59 Å². The second-order valence-corrected chi connectivity index (χ2v) is 8.98. The maximum absolute atomic E-state index is 12.7. The number of aromatic nitrogens is 2. The summed E-state index contributed by atoms with van der Waals surface area (Å²) >= 11 is 0. The number of pyridine rings is 2. The van der Waals surface area contributed by atoms with Gasteiger partial charge in [-0.05, 0) is 60.5 Å². The summed E-state index contributed by atoms with van der Waals surface area (Å²) in [5.74, 6) is -0.204. The number of carbonyl (C=O) groups is 2. The van der Waals surface area contributed by atoms with Crippen molar-refractivity contribution in [1.82, 2.24) is 0 Å². The lowest BCUT2D eigenvalue weighted by molar-refractivity contribution is -0.645. The number of anilines is 2. The van der Waals surface area contributed by atoms with E-state index in [1.807, 2.05) is 108 Å². The zero-order chi connectivity index (χ0) is 25.1. The molecule has 6 heteroatoms. The fourth-order valence-electron chi connectivity index (χ4n) is 4.39. The SMILES string of the molecule is C[n+]1cccc2cc(NC(=O)CCc3ccc(C(=O)Nc4ccc5c(ccc[n+]5C)c4)cc3)ccc21. The molecule has 0 aliphatic carbocycles. The summed E-state index contributed by atoms with van der Waals surface area (Å²) in [6.07, 6.45) is 4.95. The van der Waals surface area contributed by atoms with Crippen LogP contribution in [0.3, 0.4) is 0 Å². The minimum absolute atomic E-state index is 0.0406. The molecule has 0 radical (unpaired) electrons. The van der Waals surface area contributed by atoms with Crippen molar-refractivity contribution >= 4 is 45.0 Å². The molecule has 0 aliphatic rings. The van der Waals surface area contributed by atoms with E-state index < -0.39 is 0 Å². The highest BCUT2D eigenvalue weighted by molar-refractivity contribution is 6.05. The minimum Gasteiger partial charge on any atom is -0.326 e. The van der Waals surface area contributed by atoms with Crippen LogP contribution in [0.25, 0.3) is 21.8 Å². The van der Waals surface area contributed by atoms with Crippen LogP contribution in [0.15, 0.2) is 97.3 Å². The summed E-state index contributed by atoms with van der Waals surface area (Å²) in [6.45, 7) is 0. The third kappa shape index (κ3) is 5.08. The molecule has 178 valence electrons. The fourth-order valence-corrected chi connectivity index (χ4v) is 4.39. The van der Waals surface area contributed by atoms with Crippen molar-refractivity contribution in [3.63, 3.8) is 0 Å². The molecule has 0 atom stereocenters. The average molecular weight is 477 g/mol. The Kier molecular flexibility index (Phi) is 6.41. The number of hydrogen-bond donors (Lipinski definition) is 2. The minimum atomic E-state index is -0.163. The van der Waals surface area contributed by atoms with Crippen LogP contribution in [0, 0.1) is 0 Å². The van der Waals surface area contributed by atoms with Crippen molar-refractivity contribution in [2.75, 3.05) is 10.6 Å². The highest BCUT2D eigenvalue weighted by Crippen LogP contribution is 2.18. The molecular weight excluding hydrogens is 448 g/mol. The molecule has 0 saturated heterocycles. The summed E-state index contributed by atoms with van der Waals surface area (Å²) in [5.41, 5.74) is 5.32. The Morgan fingerprint density at radius 3 is 1.83 bits per heavy atom. The van der Waals surface area contributed by atoms with Gasteiger partial charge in [0.1, 0.15) is 14.1 Å². The highest BCUT2D eigenvalue weighted by Gasteiger charge is 2.11. The molecule has 0 unspecified atom stereocenters. The summed E-state index contributed by atoms with van der Waals surface area (Å²) in [4.78, 5) is 25.2. The lowest BCUT2D eigenvalue weighted by atomic mass is 10.1. The molecule has 2 heterocycles. The summed E-state index contributed by atoms with van der Waals surface area (Å²) < 4.78 is 4.09. The standard InChI is InChI=1S/C30H26N4O2/c1-33-17-3-5-23-19-25(12-14-27(23)33)31-29(35)16-9-21-7-10-22(11-8-21)30(36)32-26-13-15-28-24(20-26)6-4-18-34(28)2/h3-8,10-15,17-20H,9,16H2,1-2H3/p+2. The Balaban J connectivity index is 1.17. The van der Waals surface area contributed by atoms with Gasteiger partial charge in [0.05, 0.1) is 0 Å². The molecule has 5 aromatic rings. The van der Waals surface area contributed by atoms with Gasteiger partial charge >= 0.3 is 0 Å². The number of rotatable bonds is 6. The van der Waals surface area contributed by atoms with E-state index in [0.29, 0.717) is 18.4 Å². The molecular formula is C30H28N4O2+2. The number of fused-ring (bicyclic) bond motifs is 2. The van der Waals surface area contributed by atoms with Crippen molar-refractivity contribution in [3.05, 3.63) is 108 Å². The van der Waals surface area contributed by atoms with E-state index in [1.54, 1.807) is 12.1 Å². The van der Waals surface area contributed by atoms with Crippen LogP contribution in [-0.2, 0) is 25.3 Å². The van der Waals surface area contributed by atoms with E-state index in [2.05, 4.69) is 10.6 Å². The van der Waals surface area contributed by atoms with E-state index in [4.69, 9.17) is 0 Å². The smallest absolute Gasteiger partial charge is 0.255 e. The molecule has 3 aromatic carbocycles. The molecule has 36 heavy (non-hydrogen) atoms. The van der Waals surface area contributed by atoms with Crippen LogP contribution in [-0.4, -0.2) is 11.8 Å². The van der Waals surface area contributed by atoms with Gasteiger partial charge in [-0.2, -0.15) is 0 Å². The molecule has 0 bridgehead atoms. The number of nitrogens with zero attached hydrogens (tertiary/aromatic N) is 2. The number of nitrogens with one attached hydrogen (secondary N) is 2. The van der Waals surface area contributed by atoms with Crippen molar-refractivity contribution < 1.29 is 18.7 Å². The van der Waals surface area contributed by atoms with Gasteiger partial charge in [0.2, 0.25) is 16.9 Å². The molecule has 2 aromatic heterocycles. The fraction of sp³-hybridized carbons (Fsp3) is 0.133. The number of carbonyl (C=O) groups excluding carboxylic acids is 2. The number of amides is 2. The van der Waals surface area contributed by atoms with Gasteiger partial charge in [-0.25, -0.2) is 9.13 Å². The van der Waals surface area contributed by atoms with Gasteiger partial charge in [-0.1, -0.05) is 12.1 Å². The summed E-state index contributed by atoms with van der Waals surface area (Å²) in [7, 11) is 3.99.